The average Bonchev–Trinajstić information content (AvgIpc) is 3.09. The minimum absolute atomic E-state index is 0.0517. The topological polar surface area (TPSA) is 119 Å². The Kier molecular flexibility index (Phi) is 13.8. The minimum Gasteiger partial charge on any atom is -0.462 e. The number of methoxy groups -OCH3 is 1. The number of aliphatic hydroxyl groups is 2. The van der Waals surface area contributed by atoms with Crippen LogP contribution in [0.15, 0.2) is 36.4 Å². The summed E-state index contributed by atoms with van der Waals surface area (Å²) in [5.41, 5.74) is 2.03. The number of aliphatic hydroxyl groups excluding tert-OH is 2. The number of carbonyl (C=O) groups excluding carboxylic acids is 3. The van der Waals surface area contributed by atoms with Gasteiger partial charge in [-0.3, -0.25) is 14.4 Å². The number of thioether (sulfide) groups is 1. The first-order valence-corrected chi connectivity index (χ1v) is 13.5. The fraction of sp³-hybridized carbons (Fsp3) is 0.593. The molecule has 36 heavy (non-hydrogen) atoms. The molecule has 0 unspecified atom stereocenters. The molecule has 0 saturated heterocycles. The molecule has 0 bridgehead atoms. The van der Waals surface area contributed by atoms with Crippen LogP contribution in [0.5, 0.6) is 0 Å². The van der Waals surface area contributed by atoms with Gasteiger partial charge in [-0.25, -0.2) is 0 Å². The number of ketones is 1. The van der Waals surface area contributed by atoms with Gasteiger partial charge in [0.05, 0.1) is 18.8 Å². The Morgan fingerprint density at radius 3 is 2.69 bits per heavy atom. The third-order valence-electron chi connectivity index (χ3n) is 5.93. The van der Waals surface area contributed by atoms with E-state index in [1.165, 1.54) is 6.92 Å². The largest absolute Gasteiger partial charge is 0.462 e. The fourth-order valence-electron chi connectivity index (χ4n) is 4.22. The average molecular weight is 523 g/mol. The zero-order valence-electron chi connectivity index (χ0n) is 21.1. The standard InChI is InChI=1S/C27H38O8S/c1-19(28)34-11-12-35-27(32)7-4-13-36-14-10-24-23(25(30)17-26(24)31)9-8-22(29)16-20-5-3-6-21(15-20)18-33-2/h3,5-6,8-9,15,22-25,29-30H,4,7,10-14,16-18H2,1-2H3/t22-,23-,24-,25-/m1/s1. The van der Waals surface area contributed by atoms with Crippen LogP contribution in [0.3, 0.4) is 0 Å². The van der Waals surface area contributed by atoms with E-state index in [2.05, 4.69) is 0 Å². The lowest BCUT2D eigenvalue weighted by Crippen LogP contribution is -2.20. The van der Waals surface area contributed by atoms with Gasteiger partial charge in [0.15, 0.2) is 0 Å². The second-order valence-electron chi connectivity index (χ2n) is 8.90. The Labute approximate surface area is 217 Å². The van der Waals surface area contributed by atoms with E-state index in [1.54, 1.807) is 31.0 Å². The highest BCUT2D eigenvalue weighted by Gasteiger charge is 2.39. The van der Waals surface area contributed by atoms with Crippen molar-refractivity contribution in [3.63, 3.8) is 0 Å². The first-order chi connectivity index (χ1) is 17.3. The van der Waals surface area contributed by atoms with Gasteiger partial charge >= 0.3 is 11.9 Å². The summed E-state index contributed by atoms with van der Waals surface area (Å²) in [7, 11) is 1.64. The van der Waals surface area contributed by atoms with Crippen LogP contribution in [0.4, 0.5) is 0 Å². The van der Waals surface area contributed by atoms with Gasteiger partial charge in [0, 0.05) is 45.1 Å². The summed E-state index contributed by atoms with van der Waals surface area (Å²) in [6.45, 7) is 1.93. The van der Waals surface area contributed by atoms with Crippen molar-refractivity contribution in [1.82, 2.24) is 0 Å². The molecule has 0 aromatic heterocycles. The van der Waals surface area contributed by atoms with Crippen LogP contribution in [0.2, 0.25) is 0 Å². The molecular weight excluding hydrogens is 484 g/mol. The highest BCUT2D eigenvalue weighted by Crippen LogP contribution is 2.34. The van der Waals surface area contributed by atoms with Gasteiger partial charge in [0.2, 0.25) is 0 Å². The summed E-state index contributed by atoms with van der Waals surface area (Å²) in [4.78, 5) is 34.8. The number of esters is 2. The van der Waals surface area contributed by atoms with Gasteiger partial charge in [-0.1, -0.05) is 36.4 Å². The number of ether oxygens (including phenoxy) is 3. The van der Waals surface area contributed by atoms with Crippen LogP contribution in [0, 0.1) is 11.8 Å². The Hall–Kier alpha value is -2.20. The van der Waals surface area contributed by atoms with Crippen molar-refractivity contribution < 1.29 is 38.8 Å². The molecule has 1 fully saturated rings. The molecule has 2 rings (SSSR count). The van der Waals surface area contributed by atoms with Gasteiger partial charge in [-0.15, -0.1) is 0 Å². The molecule has 9 heteroatoms. The van der Waals surface area contributed by atoms with E-state index >= 15 is 0 Å². The fourth-order valence-corrected chi connectivity index (χ4v) is 5.19. The lowest BCUT2D eigenvalue weighted by Gasteiger charge is -2.18. The number of hydrogen-bond donors (Lipinski definition) is 2. The Bertz CT molecular complexity index is 871. The van der Waals surface area contributed by atoms with Crippen molar-refractivity contribution in [1.29, 1.82) is 0 Å². The zero-order chi connectivity index (χ0) is 26.3. The minimum atomic E-state index is -0.734. The van der Waals surface area contributed by atoms with Crippen LogP contribution in [-0.2, 0) is 41.6 Å². The Morgan fingerprint density at radius 1 is 1.19 bits per heavy atom. The molecule has 2 N–H and O–H groups in total. The lowest BCUT2D eigenvalue weighted by atomic mass is 9.91. The summed E-state index contributed by atoms with van der Waals surface area (Å²) in [5, 5.41) is 20.9. The molecule has 4 atom stereocenters. The Balaban J connectivity index is 1.71. The van der Waals surface area contributed by atoms with E-state index in [0.29, 0.717) is 25.9 Å². The monoisotopic (exact) mass is 522 g/mol. The number of carbonyl (C=O) groups is 3. The quantitative estimate of drug-likeness (QED) is 0.192. The van der Waals surface area contributed by atoms with Crippen molar-refractivity contribution >= 4 is 29.5 Å². The van der Waals surface area contributed by atoms with Crippen molar-refractivity contribution in [2.24, 2.45) is 11.8 Å². The molecule has 1 aromatic carbocycles. The zero-order valence-corrected chi connectivity index (χ0v) is 21.9. The maximum Gasteiger partial charge on any atom is 0.305 e. The second-order valence-corrected chi connectivity index (χ2v) is 10.1. The van der Waals surface area contributed by atoms with Gasteiger partial charge < -0.3 is 24.4 Å². The molecule has 8 nitrogen and oxygen atoms in total. The second kappa shape index (κ2) is 16.5. The number of benzene rings is 1. The molecule has 0 radical (unpaired) electrons. The molecule has 1 saturated carbocycles. The number of Topliss-reactive ketones (excluding diaryl/α,β-unsaturated/α-hetero) is 1. The first-order valence-electron chi connectivity index (χ1n) is 12.3. The lowest BCUT2D eigenvalue weighted by molar-refractivity contribution is -0.151. The third kappa shape index (κ3) is 11.2. The third-order valence-corrected chi connectivity index (χ3v) is 7.03. The number of hydrogen-bond acceptors (Lipinski definition) is 9. The SMILES string of the molecule is COCc1cccc(C[C@H](O)C=C[C@H]2[C@H](O)CC(=O)[C@@H]2CCSCCCC(=O)OCCOC(C)=O)c1. The Morgan fingerprint density at radius 2 is 1.94 bits per heavy atom. The maximum atomic E-state index is 12.4. The predicted molar refractivity (Wildman–Crippen MR) is 137 cm³/mol. The van der Waals surface area contributed by atoms with Crippen molar-refractivity contribution in [3.05, 3.63) is 47.5 Å². The van der Waals surface area contributed by atoms with Crippen LogP contribution in [-0.4, -0.2) is 72.0 Å². The van der Waals surface area contributed by atoms with Crippen molar-refractivity contribution in [2.45, 2.75) is 57.8 Å². The molecule has 200 valence electrons. The molecule has 0 aliphatic heterocycles. The van der Waals surface area contributed by atoms with Gasteiger partial charge in [-0.2, -0.15) is 11.8 Å². The molecule has 0 amide bonds. The smallest absolute Gasteiger partial charge is 0.305 e. The van der Waals surface area contributed by atoms with E-state index < -0.39 is 18.2 Å². The molecule has 1 aromatic rings. The maximum absolute atomic E-state index is 12.4. The van der Waals surface area contributed by atoms with E-state index in [0.717, 1.165) is 22.6 Å². The predicted octanol–water partition coefficient (Wildman–Crippen LogP) is 2.87. The highest BCUT2D eigenvalue weighted by atomic mass is 32.2. The normalized spacial score (nSPS) is 20.6. The van der Waals surface area contributed by atoms with Crippen LogP contribution in [0.1, 0.15) is 43.7 Å². The molecule has 0 spiro atoms. The van der Waals surface area contributed by atoms with E-state index in [4.69, 9.17) is 14.2 Å². The van der Waals surface area contributed by atoms with E-state index in [1.807, 2.05) is 24.3 Å². The summed E-state index contributed by atoms with van der Waals surface area (Å²) in [5.74, 6) is 0.232. The summed E-state index contributed by atoms with van der Waals surface area (Å²) in [6, 6.07) is 7.85. The summed E-state index contributed by atoms with van der Waals surface area (Å²) in [6.07, 6.45) is 4.18. The van der Waals surface area contributed by atoms with Gasteiger partial charge in [0.25, 0.3) is 0 Å². The molecule has 0 heterocycles. The van der Waals surface area contributed by atoms with Crippen molar-refractivity contribution in [3.8, 4) is 0 Å². The number of rotatable bonds is 16. The molecular formula is C27H38O8S. The summed E-state index contributed by atoms with van der Waals surface area (Å²) >= 11 is 1.66. The van der Waals surface area contributed by atoms with Crippen LogP contribution < -0.4 is 0 Å². The molecule has 1 aliphatic rings. The molecule has 1 aliphatic carbocycles. The van der Waals surface area contributed by atoms with Crippen LogP contribution in [0.25, 0.3) is 0 Å². The first kappa shape index (κ1) is 30.0. The van der Waals surface area contributed by atoms with Gasteiger partial charge in [0.1, 0.15) is 19.0 Å². The summed E-state index contributed by atoms with van der Waals surface area (Å²) < 4.78 is 14.8. The highest BCUT2D eigenvalue weighted by molar-refractivity contribution is 7.99. The van der Waals surface area contributed by atoms with Crippen LogP contribution >= 0.6 is 11.8 Å². The van der Waals surface area contributed by atoms with E-state index in [-0.39, 0.29) is 49.6 Å². The van der Waals surface area contributed by atoms with Gasteiger partial charge in [-0.05, 0) is 35.5 Å². The van der Waals surface area contributed by atoms with E-state index in [9.17, 15) is 24.6 Å². The van der Waals surface area contributed by atoms with Crippen molar-refractivity contribution in [2.75, 3.05) is 31.8 Å².